The molecule has 90 valence electrons. The van der Waals surface area contributed by atoms with Crippen molar-refractivity contribution in [3.8, 4) is 0 Å². The van der Waals surface area contributed by atoms with Crippen LogP contribution >= 0.6 is 0 Å². The lowest BCUT2D eigenvalue weighted by atomic mass is 10.2. The summed E-state index contributed by atoms with van der Waals surface area (Å²) in [5, 5.41) is 0. The van der Waals surface area contributed by atoms with Gasteiger partial charge < -0.3 is 4.90 Å². The molecule has 1 fully saturated rings. The molecule has 1 aliphatic heterocycles. The monoisotopic (exact) mass is 220 g/mol. The first kappa shape index (κ1) is 13.0. The van der Waals surface area contributed by atoms with Gasteiger partial charge in [-0.05, 0) is 31.8 Å². The van der Waals surface area contributed by atoms with Crippen LogP contribution in [-0.2, 0) is 0 Å². The number of allylic oxidation sites excluding steroid dienone is 2. The van der Waals surface area contributed by atoms with Crippen LogP contribution in [0.2, 0.25) is 0 Å². The molecule has 0 saturated carbocycles. The molecule has 1 heterocycles. The molecule has 0 atom stereocenters. The predicted octanol–water partition coefficient (Wildman–Crippen LogP) is 3.76. The zero-order valence-corrected chi connectivity index (χ0v) is 10.7. The van der Waals surface area contributed by atoms with Crippen LogP contribution in [0.15, 0.2) is 29.0 Å². The fraction of sp³-hybridized carbons (Fsp3) is 0.643. The summed E-state index contributed by atoms with van der Waals surface area (Å²) in [6.45, 7) is 10.5. The second-order valence-electron chi connectivity index (χ2n) is 4.43. The van der Waals surface area contributed by atoms with Crippen molar-refractivity contribution in [2.24, 2.45) is 4.99 Å². The van der Waals surface area contributed by atoms with Gasteiger partial charge in [-0.3, -0.25) is 0 Å². The minimum Gasteiger partial charge on any atom is -0.357 e. The number of rotatable bonds is 4. The molecule has 0 aliphatic carbocycles. The summed E-state index contributed by atoms with van der Waals surface area (Å²) in [6, 6.07) is 0. The smallest absolute Gasteiger partial charge is 0.121 e. The summed E-state index contributed by atoms with van der Waals surface area (Å²) >= 11 is 0. The zero-order valence-electron chi connectivity index (χ0n) is 10.7. The third kappa shape index (κ3) is 4.65. The lowest BCUT2D eigenvalue weighted by Gasteiger charge is -2.21. The molecule has 0 aromatic heterocycles. The first-order valence-corrected chi connectivity index (χ1v) is 6.38. The number of aliphatic imine (C=N–C) groups is 1. The van der Waals surface area contributed by atoms with Crippen LogP contribution < -0.4 is 0 Å². The number of hydrogen-bond acceptors (Lipinski definition) is 2. The van der Waals surface area contributed by atoms with E-state index in [2.05, 4.69) is 36.4 Å². The number of hydrogen-bond donors (Lipinski definition) is 0. The quantitative estimate of drug-likeness (QED) is 0.659. The van der Waals surface area contributed by atoms with E-state index in [0.29, 0.717) is 0 Å². The summed E-state index contributed by atoms with van der Waals surface area (Å²) < 4.78 is 0. The van der Waals surface area contributed by atoms with E-state index in [4.69, 9.17) is 0 Å². The Morgan fingerprint density at radius 1 is 1.25 bits per heavy atom. The highest BCUT2D eigenvalue weighted by Gasteiger charge is 2.09. The molecular weight excluding hydrogens is 196 g/mol. The Morgan fingerprint density at radius 3 is 2.44 bits per heavy atom. The second-order valence-corrected chi connectivity index (χ2v) is 4.43. The minimum atomic E-state index is 0.922. The van der Waals surface area contributed by atoms with E-state index in [9.17, 15) is 0 Å². The van der Waals surface area contributed by atoms with Crippen molar-refractivity contribution in [1.82, 2.24) is 4.90 Å². The normalized spacial score (nSPS) is 18.9. The minimum absolute atomic E-state index is 0.922. The zero-order chi connectivity index (χ0) is 11.8. The van der Waals surface area contributed by atoms with Crippen LogP contribution in [0.5, 0.6) is 0 Å². The molecule has 0 aromatic carbocycles. The third-order valence-corrected chi connectivity index (χ3v) is 2.91. The molecule has 1 rings (SSSR count). The average molecular weight is 220 g/mol. The fourth-order valence-corrected chi connectivity index (χ4v) is 1.96. The van der Waals surface area contributed by atoms with Crippen molar-refractivity contribution in [3.63, 3.8) is 0 Å². The van der Waals surface area contributed by atoms with Crippen LogP contribution in [0, 0.1) is 0 Å². The highest BCUT2D eigenvalue weighted by Crippen LogP contribution is 2.14. The van der Waals surface area contributed by atoms with Gasteiger partial charge in [-0.25, -0.2) is 4.99 Å². The molecule has 0 bridgehead atoms. The van der Waals surface area contributed by atoms with Crippen LogP contribution in [0.25, 0.3) is 0 Å². The van der Waals surface area contributed by atoms with Gasteiger partial charge in [0.1, 0.15) is 5.82 Å². The topological polar surface area (TPSA) is 15.6 Å². The molecule has 0 unspecified atom stereocenters. The van der Waals surface area contributed by atoms with Crippen LogP contribution in [0.3, 0.4) is 0 Å². The van der Waals surface area contributed by atoms with Gasteiger partial charge in [-0.15, -0.1) is 0 Å². The number of nitrogens with zero attached hydrogens (tertiary/aromatic N) is 2. The Hall–Kier alpha value is -1.05. The molecule has 1 saturated heterocycles. The van der Waals surface area contributed by atoms with Crippen LogP contribution in [-0.4, -0.2) is 24.2 Å². The Morgan fingerprint density at radius 2 is 1.88 bits per heavy atom. The first-order chi connectivity index (χ1) is 7.74. The van der Waals surface area contributed by atoms with E-state index in [1.54, 1.807) is 0 Å². The molecule has 0 spiro atoms. The molecule has 0 N–H and O–H groups in total. The highest BCUT2D eigenvalue weighted by atomic mass is 15.2. The maximum atomic E-state index is 4.45. The van der Waals surface area contributed by atoms with Crippen LogP contribution in [0.4, 0.5) is 0 Å². The van der Waals surface area contributed by atoms with Gasteiger partial charge in [0.25, 0.3) is 0 Å². The van der Waals surface area contributed by atoms with Gasteiger partial charge >= 0.3 is 0 Å². The molecule has 1 aliphatic rings. The number of likely N-dealkylation sites (tertiary alicyclic amines) is 1. The lowest BCUT2D eigenvalue weighted by molar-refractivity contribution is 0.357. The predicted molar refractivity (Wildman–Crippen MR) is 71.7 cm³/mol. The van der Waals surface area contributed by atoms with Gasteiger partial charge in [0, 0.05) is 19.3 Å². The van der Waals surface area contributed by atoms with Gasteiger partial charge in [0.15, 0.2) is 0 Å². The first-order valence-electron chi connectivity index (χ1n) is 6.38. The molecule has 0 radical (unpaired) electrons. The molecular formula is C14H24N2. The average Bonchev–Trinajstić information content (AvgIpc) is 2.55. The molecule has 2 nitrogen and oxygen atoms in total. The van der Waals surface area contributed by atoms with E-state index >= 15 is 0 Å². The van der Waals surface area contributed by atoms with E-state index in [1.807, 2.05) is 6.21 Å². The van der Waals surface area contributed by atoms with Gasteiger partial charge in [-0.1, -0.05) is 32.4 Å². The fourth-order valence-electron chi connectivity index (χ4n) is 1.96. The Bertz CT molecular complexity index is 268. The summed E-state index contributed by atoms with van der Waals surface area (Å²) in [5.74, 6) is 0.922. The largest absolute Gasteiger partial charge is 0.357 e. The third-order valence-electron chi connectivity index (χ3n) is 2.91. The Balaban J connectivity index is 2.47. The SMILES string of the molecule is C=C(/N=C\C(C)=C/CC)N1CCCCCC1. The van der Waals surface area contributed by atoms with Crippen molar-refractivity contribution in [2.45, 2.75) is 46.0 Å². The summed E-state index contributed by atoms with van der Waals surface area (Å²) in [6.07, 6.45) is 10.4. The van der Waals surface area contributed by atoms with E-state index < -0.39 is 0 Å². The van der Waals surface area contributed by atoms with E-state index in [1.165, 1.54) is 31.3 Å². The maximum Gasteiger partial charge on any atom is 0.121 e. The summed E-state index contributed by atoms with van der Waals surface area (Å²) in [5.41, 5.74) is 1.22. The van der Waals surface area contributed by atoms with E-state index in [0.717, 1.165) is 25.3 Å². The van der Waals surface area contributed by atoms with Crippen molar-refractivity contribution in [2.75, 3.05) is 13.1 Å². The Labute approximate surface area is 99.8 Å². The van der Waals surface area contributed by atoms with Crippen molar-refractivity contribution in [1.29, 1.82) is 0 Å². The van der Waals surface area contributed by atoms with Crippen molar-refractivity contribution >= 4 is 6.21 Å². The summed E-state index contributed by atoms with van der Waals surface area (Å²) in [4.78, 5) is 6.75. The molecule has 2 heteroatoms. The van der Waals surface area contributed by atoms with Crippen molar-refractivity contribution < 1.29 is 0 Å². The standard InChI is InChI=1S/C14H24N2/c1-4-9-13(2)12-15-14(3)16-10-7-5-6-8-11-16/h9,12H,3-8,10-11H2,1-2H3/b13-9-,15-12-. The molecule has 16 heavy (non-hydrogen) atoms. The second kappa shape index (κ2) is 7.26. The van der Waals surface area contributed by atoms with Gasteiger partial charge in [0.2, 0.25) is 0 Å². The van der Waals surface area contributed by atoms with Gasteiger partial charge in [0.05, 0.1) is 0 Å². The van der Waals surface area contributed by atoms with Crippen LogP contribution in [0.1, 0.15) is 46.0 Å². The van der Waals surface area contributed by atoms with Crippen molar-refractivity contribution in [3.05, 3.63) is 24.0 Å². The van der Waals surface area contributed by atoms with E-state index in [-0.39, 0.29) is 0 Å². The summed E-state index contributed by atoms with van der Waals surface area (Å²) in [7, 11) is 0. The van der Waals surface area contributed by atoms with Gasteiger partial charge in [-0.2, -0.15) is 0 Å². The highest BCUT2D eigenvalue weighted by molar-refractivity contribution is 5.78. The lowest BCUT2D eigenvalue weighted by Crippen LogP contribution is -2.22. The molecule has 0 amide bonds. The molecule has 0 aromatic rings. The Kier molecular flexibility index (Phi) is 5.91. The maximum absolute atomic E-state index is 4.45.